The molecule has 0 fully saturated rings. The molecule has 118 valence electrons. The second kappa shape index (κ2) is 6.17. The van der Waals surface area contributed by atoms with Gasteiger partial charge in [-0.05, 0) is 23.6 Å². The Morgan fingerprint density at radius 3 is 2.83 bits per heavy atom. The Morgan fingerprint density at radius 2 is 2.09 bits per heavy atom. The first-order valence-electron chi connectivity index (χ1n) is 6.91. The van der Waals surface area contributed by atoms with Crippen LogP contribution in [0.3, 0.4) is 0 Å². The van der Waals surface area contributed by atoms with Gasteiger partial charge in [0.1, 0.15) is 6.54 Å². The Morgan fingerprint density at radius 1 is 1.26 bits per heavy atom. The highest BCUT2D eigenvalue weighted by molar-refractivity contribution is 7.09. The monoisotopic (exact) mass is 330 g/mol. The predicted octanol–water partition coefficient (Wildman–Crippen LogP) is 0.473. The Labute approximate surface area is 134 Å². The van der Waals surface area contributed by atoms with Gasteiger partial charge in [-0.2, -0.15) is 0 Å². The van der Waals surface area contributed by atoms with E-state index in [4.69, 9.17) is 0 Å². The van der Waals surface area contributed by atoms with Gasteiger partial charge < -0.3 is 5.32 Å². The number of nitrogens with zero attached hydrogens (tertiary/aromatic N) is 3. The Bertz CT molecular complexity index is 973. The quantitative estimate of drug-likeness (QED) is 0.705. The number of fused-ring (bicyclic) bond motifs is 1. The summed E-state index contributed by atoms with van der Waals surface area (Å²) < 4.78 is 2.35. The average Bonchev–Trinajstić information content (AvgIpc) is 3.08. The molecule has 0 aliphatic carbocycles. The second-order valence-corrected chi connectivity index (χ2v) is 5.99. The van der Waals surface area contributed by atoms with Gasteiger partial charge in [-0.15, -0.1) is 11.3 Å². The van der Waals surface area contributed by atoms with E-state index in [0.717, 1.165) is 9.44 Å². The lowest BCUT2D eigenvalue weighted by atomic mass is 10.3. The molecule has 0 unspecified atom stereocenters. The number of thiophene rings is 1. The minimum Gasteiger partial charge on any atom is -0.350 e. The first-order chi connectivity index (χ1) is 11.1. The van der Waals surface area contributed by atoms with Crippen LogP contribution in [0.1, 0.15) is 4.88 Å². The highest BCUT2D eigenvalue weighted by Gasteiger charge is 2.14. The van der Waals surface area contributed by atoms with Crippen LogP contribution in [-0.4, -0.2) is 20.0 Å². The first-order valence-corrected chi connectivity index (χ1v) is 7.79. The second-order valence-electron chi connectivity index (χ2n) is 4.96. The number of nitrogens with one attached hydrogen (secondary N) is 1. The molecule has 1 N–H and O–H groups in total. The van der Waals surface area contributed by atoms with Crippen molar-refractivity contribution in [2.75, 3.05) is 0 Å². The maximum Gasteiger partial charge on any atom is 0.317 e. The molecule has 3 aromatic rings. The highest BCUT2D eigenvalue weighted by Crippen LogP contribution is 2.08. The summed E-state index contributed by atoms with van der Waals surface area (Å²) in [6.45, 7) is 0.175. The molecule has 3 rings (SSSR count). The van der Waals surface area contributed by atoms with Crippen molar-refractivity contribution in [2.24, 2.45) is 7.05 Å². The molecule has 0 aromatic carbocycles. The smallest absolute Gasteiger partial charge is 0.317 e. The minimum atomic E-state index is -0.737. The number of pyridine rings is 1. The number of hydrogen-bond donors (Lipinski definition) is 1. The number of carbonyl (C=O) groups is 1. The topological polar surface area (TPSA) is 86.0 Å². The third-order valence-corrected chi connectivity index (χ3v) is 4.33. The fraction of sp³-hybridized carbons (Fsp3) is 0.200. The van der Waals surface area contributed by atoms with E-state index in [2.05, 4.69) is 10.3 Å². The van der Waals surface area contributed by atoms with Gasteiger partial charge in [0.15, 0.2) is 5.65 Å². The lowest BCUT2D eigenvalue weighted by molar-refractivity contribution is -0.121. The number of hydrogen-bond acceptors (Lipinski definition) is 5. The summed E-state index contributed by atoms with van der Waals surface area (Å²) >= 11 is 1.53. The molecule has 1 amide bonds. The van der Waals surface area contributed by atoms with Crippen molar-refractivity contribution < 1.29 is 4.79 Å². The third-order valence-electron chi connectivity index (χ3n) is 3.45. The zero-order valence-electron chi connectivity index (χ0n) is 12.4. The molecule has 0 radical (unpaired) electrons. The summed E-state index contributed by atoms with van der Waals surface area (Å²) in [6, 6.07) is 7.13. The molecule has 7 nitrogen and oxygen atoms in total. The largest absolute Gasteiger partial charge is 0.350 e. The normalized spacial score (nSPS) is 10.8. The van der Waals surface area contributed by atoms with E-state index in [9.17, 15) is 14.4 Å². The van der Waals surface area contributed by atoms with Crippen LogP contribution in [0.15, 0.2) is 45.4 Å². The molecule has 23 heavy (non-hydrogen) atoms. The minimum absolute atomic E-state index is 0.220. The molecule has 3 heterocycles. The van der Waals surface area contributed by atoms with E-state index in [1.807, 2.05) is 17.5 Å². The molecule has 0 saturated carbocycles. The standard InChI is InChI=1S/C15H14N4O3S/c1-18-13-11(5-2-6-16-13)19(15(22)14(18)21)9-12(20)17-8-10-4-3-7-23-10/h2-7H,8-9H2,1H3,(H,17,20). The van der Waals surface area contributed by atoms with Crippen LogP contribution in [0.25, 0.3) is 11.2 Å². The lowest BCUT2D eigenvalue weighted by Gasteiger charge is -2.11. The molecule has 3 aromatic heterocycles. The van der Waals surface area contributed by atoms with E-state index in [0.29, 0.717) is 17.7 Å². The molecule has 0 atom stereocenters. The SMILES string of the molecule is Cn1c(=O)c(=O)n(CC(=O)NCc2cccs2)c2cccnc21. The number of aromatic nitrogens is 3. The van der Waals surface area contributed by atoms with Crippen LogP contribution in [-0.2, 0) is 24.9 Å². The number of rotatable bonds is 4. The van der Waals surface area contributed by atoms with Crippen LogP contribution in [0.2, 0.25) is 0 Å². The summed E-state index contributed by atoms with van der Waals surface area (Å²) in [5.41, 5.74) is -0.629. The van der Waals surface area contributed by atoms with Gasteiger partial charge in [-0.3, -0.25) is 23.5 Å². The molecule has 0 aliphatic rings. The molecule has 0 aliphatic heterocycles. The van der Waals surface area contributed by atoms with Gasteiger partial charge in [0.25, 0.3) is 0 Å². The van der Waals surface area contributed by atoms with Crippen LogP contribution < -0.4 is 16.4 Å². The Kier molecular flexibility index (Phi) is 4.07. The molecule has 0 saturated heterocycles. The average molecular weight is 330 g/mol. The maximum atomic E-state index is 12.2. The summed E-state index contributed by atoms with van der Waals surface area (Å²) in [5.74, 6) is -0.334. The fourth-order valence-electron chi connectivity index (χ4n) is 2.28. The van der Waals surface area contributed by atoms with Crippen LogP contribution in [0.5, 0.6) is 0 Å². The highest BCUT2D eigenvalue weighted by atomic mass is 32.1. The third kappa shape index (κ3) is 2.93. The van der Waals surface area contributed by atoms with E-state index < -0.39 is 11.1 Å². The van der Waals surface area contributed by atoms with Crippen molar-refractivity contribution in [3.05, 3.63) is 61.4 Å². The van der Waals surface area contributed by atoms with Gasteiger partial charge >= 0.3 is 11.1 Å². The number of carbonyl (C=O) groups excluding carboxylic acids is 1. The predicted molar refractivity (Wildman–Crippen MR) is 87.4 cm³/mol. The van der Waals surface area contributed by atoms with Gasteiger partial charge in [0.05, 0.1) is 12.1 Å². The van der Waals surface area contributed by atoms with Gasteiger partial charge in [0, 0.05) is 18.1 Å². The van der Waals surface area contributed by atoms with E-state index in [1.165, 1.54) is 29.1 Å². The van der Waals surface area contributed by atoms with Crippen molar-refractivity contribution in [2.45, 2.75) is 13.1 Å². The molecular weight excluding hydrogens is 316 g/mol. The van der Waals surface area contributed by atoms with Crippen LogP contribution >= 0.6 is 11.3 Å². The van der Waals surface area contributed by atoms with E-state index >= 15 is 0 Å². The van der Waals surface area contributed by atoms with Gasteiger partial charge in [0.2, 0.25) is 5.91 Å². The van der Waals surface area contributed by atoms with Crippen LogP contribution in [0, 0.1) is 0 Å². The summed E-state index contributed by atoms with van der Waals surface area (Å²) in [5, 5.41) is 4.66. The van der Waals surface area contributed by atoms with Crippen LogP contribution in [0.4, 0.5) is 0 Å². The van der Waals surface area contributed by atoms with E-state index in [1.54, 1.807) is 12.1 Å². The first kappa shape index (κ1) is 15.2. The summed E-state index contributed by atoms with van der Waals surface area (Å²) in [4.78, 5) is 41.4. The van der Waals surface area contributed by atoms with Gasteiger partial charge in [-0.1, -0.05) is 6.07 Å². The van der Waals surface area contributed by atoms with Crippen molar-refractivity contribution in [1.29, 1.82) is 0 Å². The fourth-order valence-corrected chi connectivity index (χ4v) is 2.92. The zero-order valence-corrected chi connectivity index (χ0v) is 13.2. The van der Waals surface area contributed by atoms with Gasteiger partial charge in [-0.25, -0.2) is 4.98 Å². The number of amides is 1. The Balaban J connectivity index is 1.92. The van der Waals surface area contributed by atoms with E-state index in [-0.39, 0.29) is 12.5 Å². The summed E-state index contributed by atoms with van der Waals surface area (Å²) in [7, 11) is 1.49. The number of aryl methyl sites for hydroxylation is 1. The van der Waals surface area contributed by atoms with Crippen molar-refractivity contribution >= 4 is 28.4 Å². The summed E-state index contributed by atoms with van der Waals surface area (Å²) in [6.07, 6.45) is 1.54. The lowest BCUT2D eigenvalue weighted by Crippen LogP contribution is -2.43. The molecular formula is C15H14N4O3S. The van der Waals surface area contributed by atoms with Crippen molar-refractivity contribution in [1.82, 2.24) is 19.4 Å². The maximum absolute atomic E-state index is 12.2. The van der Waals surface area contributed by atoms with Crippen molar-refractivity contribution in [3.8, 4) is 0 Å². The molecule has 0 bridgehead atoms. The molecule has 0 spiro atoms. The Hall–Kier alpha value is -2.74. The molecule has 8 heteroatoms. The zero-order chi connectivity index (χ0) is 16.4. The van der Waals surface area contributed by atoms with Crippen molar-refractivity contribution in [3.63, 3.8) is 0 Å².